The van der Waals surface area contributed by atoms with Crippen LogP contribution in [-0.4, -0.2) is 45.2 Å². The summed E-state index contributed by atoms with van der Waals surface area (Å²) in [4.78, 5) is 25.0. The second-order valence-corrected chi connectivity index (χ2v) is 7.49. The summed E-state index contributed by atoms with van der Waals surface area (Å²) in [5.74, 6) is -1.29. The van der Waals surface area contributed by atoms with Gasteiger partial charge in [-0.1, -0.05) is 42.5 Å². The fourth-order valence-electron chi connectivity index (χ4n) is 2.85. The Labute approximate surface area is 156 Å². The van der Waals surface area contributed by atoms with Crippen molar-refractivity contribution < 1.29 is 27.5 Å². The normalized spacial score (nSPS) is 15.1. The second-order valence-electron chi connectivity index (χ2n) is 5.66. The third kappa shape index (κ3) is 3.19. The second kappa shape index (κ2) is 7.24. The van der Waals surface area contributed by atoms with E-state index in [0.29, 0.717) is 0 Å². The smallest absolute Gasteiger partial charge is 0.326 e. The molecule has 0 N–H and O–H groups in total. The van der Waals surface area contributed by atoms with E-state index in [4.69, 9.17) is 4.74 Å². The Hall–Kier alpha value is -3.13. The van der Waals surface area contributed by atoms with Crippen molar-refractivity contribution in [2.24, 2.45) is 0 Å². The van der Waals surface area contributed by atoms with Crippen LogP contribution in [0.5, 0.6) is 0 Å². The Morgan fingerprint density at radius 2 is 1.59 bits per heavy atom. The Balaban J connectivity index is 2.30. The van der Waals surface area contributed by atoms with Crippen molar-refractivity contribution in [2.45, 2.75) is 4.90 Å². The number of nitrogens with zero attached hydrogens (tertiary/aromatic N) is 1. The fourth-order valence-corrected chi connectivity index (χ4v) is 4.46. The fraction of sp³-hybridized carbons (Fsp3) is 0.158. The Morgan fingerprint density at radius 3 is 2.22 bits per heavy atom. The molecule has 1 aliphatic heterocycles. The van der Waals surface area contributed by atoms with E-state index in [9.17, 15) is 18.0 Å². The standard InChI is InChI=1S/C19H17NO6S/c1-25-16(21)12-20-17(18(22)13-8-4-3-5-9-13)19(26-2)14-10-6-7-11-15(14)27(20,23)24/h3-11H,12H2,1-2H3. The highest BCUT2D eigenvalue weighted by molar-refractivity contribution is 7.89. The van der Waals surface area contributed by atoms with Crippen LogP contribution in [0, 0.1) is 0 Å². The van der Waals surface area contributed by atoms with Crippen molar-refractivity contribution in [3.05, 3.63) is 71.4 Å². The SMILES string of the molecule is COC(=O)CN1C(C(=O)c2ccccc2)=C(OC)c2ccccc2S1(=O)=O. The summed E-state index contributed by atoms with van der Waals surface area (Å²) in [5.41, 5.74) is 0.305. The first kappa shape index (κ1) is 18.7. The van der Waals surface area contributed by atoms with E-state index in [1.807, 2.05) is 0 Å². The van der Waals surface area contributed by atoms with Crippen LogP contribution < -0.4 is 0 Å². The van der Waals surface area contributed by atoms with Gasteiger partial charge < -0.3 is 9.47 Å². The molecule has 0 aliphatic carbocycles. The van der Waals surface area contributed by atoms with Crippen LogP contribution >= 0.6 is 0 Å². The first-order valence-corrected chi connectivity index (χ1v) is 9.42. The Kier molecular flexibility index (Phi) is 5.00. The molecule has 0 amide bonds. The van der Waals surface area contributed by atoms with Gasteiger partial charge in [0.05, 0.1) is 19.1 Å². The summed E-state index contributed by atoms with van der Waals surface area (Å²) in [7, 11) is -1.67. The number of sulfonamides is 1. The van der Waals surface area contributed by atoms with Crippen molar-refractivity contribution in [1.29, 1.82) is 0 Å². The molecule has 0 bridgehead atoms. The van der Waals surface area contributed by atoms with Crippen molar-refractivity contribution >= 4 is 27.5 Å². The van der Waals surface area contributed by atoms with Crippen LogP contribution in [0.1, 0.15) is 15.9 Å². The third-order valence-electron chi connectivity index (χ3n) is 4.12. The molecule has 2 aromatic rings. The monoisotopic (exact) mass is 387 g/mol. The number of Topliss-reactive ketones (excluding diaryl/α,β-unsaturated/α-hetero) is 1. The molecule has 140 valence electrons. The van der Waals surface area contributed by atoms with E-state index in [2.05, 4.69) is 4.74 Å². The van der Waals surface area contributed by atoms with Gasteiger partial charge in [0.1, 0.15) is 12.2 Å². The van der Waals surface area contributed by atoms with Crippen LogP contribution in [0.25, 0.3) is 5.76 Å². The highest BCUT2D eigenvalue weighted by Crippen LogP contribution is 2.38. The minimum absolute atomic E-state index is 0.0460. The highest BCUT2D eigenvalue weighted by atomic mass is 32.2. The van der Waals surface area contributed by atoms with Crippen LogP contribution in [0.3, 0.4) is 0 Å². The number of methoxy groups -OCH3 is 2. The zero-order valence-corrected chi connectivity index (χ0v) is 15.5. The maximum absolute atomic E-state index is 13.2. The molecule has 1 aliphatic rings. The number of esters is 1. The molecule has 0 aromatic heterocycles. The molecule has 3 rings (SSSR count). The minimum Gasteiger partial charge on any atom is -0.494 e. The topological polar surface area (TPSA) is 90.0 Å². The number of ketones is 1. The van der Waals surface area contributed by atoms with Gasteiger partial charge in [0, 0.05) is 11.1 Å². The highest BCUT2D eigenvalue weighted by Gasteiger charge is 2.41. The average molecular weight is 387 g/mol. The zero-order chi connectivity index (χ0) is 19.6. The van der Waals surface area contributed by atoms with Gasteiger partial charge in [-0.05, 0) is 12.1 Å². The molecular weight excluding hydrogens is 370 g/mol. The Bertz CT molecular complexity index is 1030. The molecule has 0 fully saturated rings. The number of fused-ring (bicyclic) bond motifs is 1. The van der Waals surface area contributed by atoms with Gasteiger partial charge >= 0.3 is 5.97 Å². The number of benzene rings is 2. The minimum atomic E-state index is -4.16. The molecule has 0 atom stereocenters. The van der Waals surface area contributed by atoms with Gasteiger partial charge in [-0.15, -0.1) is 0 Å². The summed E-state index contributed by atoms with van der Waals surface area (Å²) >= 11 is 0. The molecule has 0 radical (unpaired) electrons. The first-order chi connectivity index (χ1) is 12.9. The van der Waals surface area contributed by atoms with Crippen molar-refractivity contribution in [3.63, 3.8) is 0 Å². The first-order valence-electron chi connectivity index (χ1n) is 7.98. The van der Waals surface area contributed by atoms with Gasteiger partial charge in [-0.3, -0.25) is 9.59 Å². The predicted octanol–water partition coefficient (Wildman–Crippen LogP) is 2.06. The predicted molar refractivity (Wildman–Crippen MR) is 97.1 cm³/mol. The molecule has 27 heavy (non-hydrogen) atoms. The molecule has 0 saturated heterocycles. The van der Waals surface area contributed by atoms with Crippen molar-refractivity contribution in [3.8, 4) is 0 Å². The van der Waals surface area contributed by atoms with E-state index in [0.717, 1.165) is 11.4 Å². The number of carbonyl (C=O) groups is 2. The number of hydrogen-bond acceptors (Lipinski definition) is 6. The lowest BCUT2D eigenvalue weighted by atomic mass is 10.0. The van der Waals surface area contributed by atoms with Crippen LogP contribution in [-0.2, 0) is 24.3 Å². The Morgan fingerprint density at radius 1 is 0.963 bits per heavy atom. The number of hydrogen-bond donors (Lipinski definition) is 0. The molecule has 7 nitrogen and oxygen atoms in total. The van der Waals surface area contributed by atoms with Gasteiger partial charge in [0.15, 0.2) is 5.76 Å². The van der Waals surface area contributed by atoms with Gasteiger partial charge in [0.2, 0.25) is 5.78 Å². The molecular formula is C19H17NO6S. The molecule has 8 heteroatoms. The van der Waals surface area contributed by atoms with Crippen molar-refractivity contribution in [2.75, 3.05) is 20.8 Å². The number of carbonyl (C=O) groups excluding carboxylic acids is 2. The van der Waals surface area contributed by atoms with E-state index in [-0.39, 0.29) is 27.5 Å². The van der Waals surface area contributed by atoms with E-state index in [1.165, 1.54) is 13.2 Å². The summed E-state index contributed by atoms with van der Waals surface area (Å²) in [6, 6.07) is 14.3. The largest absolute Gasteiger partial charge is 0.494 e. The van der Waals surface area contributed by atoms with Gasteiger partial charge in [0.25, 0.3) is 10.0 Å². The van der Waals surface area contributed by atoms with Crippen LogP contribution in [0.15, 0.2) is 65.2 Å². The maximum Gasteiger partial charge on any atom is 0.326 e. The molecule has 1 heterocycles. The van der Waals surface area contributed by atoms with E-state index in [1.54, 1.807) is 48.5 Å². The molecule has 0 unspecified atom stereocenters. The molecule has 0 saturated carbocycles. The van der Waals surface area contributed by atoms with E-state index >= 15 is 0 Å². The lowest BCUT2D eigenvalue weighted by Gasteiger charge is -2.32. The molecule has 0 spiro atoms. The lowest BCUT2D eigenvalue weighted by Crippen LogP contribution is -2.41. The summed E-state index contributed by atoms with van der Waals surface area (Å²) < 4.78 is 37.1. The third-order valence-corrected chi connectivity index (χ3v) is 5.92. The number of allylic oxidation sites excluding steroid dienone is 1. The lowest BCUT2D eigenvalue weighted by molar-refractivity contribution is -0.140. The van der Waals surface area contributed by atoms with Crippen LogP contribution in [0.4, 0.5) is 0 Å². The summed E-state index contributed by atoms with van der Waals surface area (Å²) in [6.07, 6.45) is 0. The number of rotatable bonds is 5. The summed E-state index contributed by atoms with van der Waals surface area (Å²) in [6.45, 7) is -0.645. The van der Waals surface area contributed by atoms with Gasteiger partial charge in [-0.2, -0.15) is 0 Å². The van der Waals surface area contributed by atoms with E-state index < -0.39 is 28.3 Å². The number of ether oxygens (including phenoxy) is 2. The maximum atomic E-state index is 13.2. The van der Waals surface area contributed by atoms with Crippen LogP contribution in [0.2, 0.25) is 0 Å². The molecule has 2 aromatic carbocycles. The van der Waals surface area contributed by atoms with Gasteiger partial charge in [-0.25, -0.2) is 12.7 Å². The quantitative estimate of drug-likeness (QED) is 0.576. The average Bonchev–Trinajstić information content (AvgIpc) is 2.70. The van der Waals surface area contributed by atoms with Crippen molar-refractivity contribution in [1.82, 2.24) is 4.31 Å². The summed E-state index contributed by atoms with van der Waals surface area (Å²) in [5, 5.41) is 0. The zero-order valence-electron chi connectivity index (χ0n) is 14.7.